The summed E-state index contributed by atoms with van der Waals surface area (Å²) in [7, 11) is 1.55. The lowest BCUT2D eigenvalue weighted by molar-refractivity contribution is -0.137. The average Bonchev–Trinajstić information content (AvgIpc) is 3.30. The van der Waals surface area contributed by atoms with Gasteiger partial charge in [0.1, 0.15) is 6.61 Å². The Labute approximate surface area is 168 Å². The minimum absolute atomic E-state index is 0.0503. The number of Topliss-reactive ketones (excluding diaryl/α,β-unsaturated/α-hetero) is 2. The third-order valence-corrected chi connectivity index (χ3v) is 6.28. The molecule has 4 rings (SSSR count). The summed E-state index contributed by atoms with van der Waals surface area (Å²) in [6.45, 7) is 6.07. The van der Waals surface area contributed by atoms with Crippen molar-refractivity contribution < 1.29 is 23.9 Å². The molecule has 4 atom stereocenters. The van der Waals surface area contributed by atoms with Crippen molar-refractivity contribution >= 4 is 17.7 Å². The van der Waals surface area contributed by atoms with Crippen molar-refractivity contribution in [1.29, 1.82) is 0 Å². The number of hydrogen-bond acceptors (Lipinski definition) is 9. The molecule has 10 nitrogen and oxygen atoms in total. The van der Waals surface area contributed by atoms with Crippen LogP contribution in [0.15, 0.2) is 22.5 Å². The van der Waals surface area contributed by atoms with Gasteiger partial charge in [0.2, 0.25) is 11.6 Å². The highest BCUT2D eigenvalue weighted by molar-refractivity contribution is 6.25. The molecule has 0 unspecified atom stereocenters. The number of nitrogens with one attached hydrogen (secondary N) is 3. The molecular weight excluding hydrogens is 378 g/mol. The molecule has 10 heteroatoms. The van der Waals surface area contributed by atoms with Crippen molar-refractivity contribution in [2.24, 2.45) is 11.7 Å². The normalized spacial score (nSPS) is 32.4. The zero-order chi connectivity index (χ0) is 20.9. The Kier molecular flexibility index (Phi) is 4.88. The van der Waals surface area contributed by atoms with E-state index in [4.69, 9.17) is 15.2 Å². The topological polar surface area (TPSA) is 145 Å². The maximum atomic E-state index is 13.5. The molecule has 0 bridgehead atoms. The molecule has 0 aromatic heterocycles. The number of methoxy groups -OCH3 is 1. The van der Waals surface area contributed by atoms with Gasteiger partial charge in [-0.1, -0.05) is 6.92 Å². The number of nitrogens with zero attached hydrogens (tertiary/aromatic N) is 1. The fourth-order valence-electron chi connectivity index (χ4n) is 4.96. The molecule has 1 aliphatic carbocycles. The first-order valence-electron chi connectivity index (χ1n) is 9.88. The van der Waals surface area contributed by atoms with E-state index in [1.165, 1.54) is 0 Å². The van der Waals surface area contributed by atoms with Crippen molar-refractivity contribution in [3.63, 3.8) is 0 Å². The average molecular weight is 405 g/mol. The summed E-state index contributed by atoms with van der Waals surface area (Å²) in [4.78, 5) is 39.9. The third kappa shape index (κ3) is 2.77. The molecule has 2 fully saturated rings. The van der Waals surface area contributed by atoms with Gasteiger partial charge in [-0.3, -0.25) is 9.59 Å². The van der Waals surface area contributed by atoms with Gasteiger partial charge in [-0.05, 0) is 13.5 Å². The first-order valence-corrected chi connectivity index (χ1v) is 9.88. The van der Waals surface area contributed by atoms with E-state index in [0.29, 0.717) is 42.2 Å². The predicted octanol–water partition coefficient (Wildman–Crippen LogP) is -1.41. The largest absolute Gasteiger partial charge is 0.449 e. The van der Waals surface area contributed by atoms with Crippen LogP contribution in [0.2, 0.25) is 0 Å². The molecule has 2 saturated heterocycles. The van der Waals surface area contributed by atoms with Gasteiger partial charge in [0.15, 0.2) is 5.72 Å². The number of likely N-dealkylation sites (N-methyl/N-ethyl adjacent to an activating group) is 1. The number of carbonyl (C=O) groups is 3. The second-order valence-electron chi connectivity index (χ2n) is 7.70. The molecule has 1 amide bonds. The van der Waals surface area contributed by atoms with Crippen LogP contribution < -0.4 is 21.7 Å². The number of fused-ring (bicyclic) bond motifs is 4. The second-order valence-corrected chi connectivity index (χ2v) is 7.70. The van der Waals surface area contributed by atoms with Gasteiger partial charge in [-0.2, -0.15) is 0 Å². The third-order valence-electron chi connectivity index (χ3n) is 6.28. The van der Waals surface area contributed by atoms with E-state index in [-0.39, 0.29) is 30.3 Å². The number of hydrogen-bond donors (Lipinski definition) is 4. The quantitative estimate of drug-likeness (QED) is 0.217. The fourth-order valence-corrected chi connectivity index (χ4v) is 4.96. The Bertz CT molecular complexity index is 837. The van der Waals surface area contributed by atoms with Crippen LogP contribution in [0, 0.1) is 5.92 Å². The van der Waals surface area contributed by atoms with Gasteiger partial charge < -0.3 is 36.1 Å². The van der Waals surface area contributed by atoms with E-state index < -0.39 is 17.7 Å². The Morgan fingerprint density at radius 3 is 2.76 bits per heavy atom. The van der Waals surface area contributed by atoms with Crippen LogP contribution in [0.1, 0.15) is 13.8 Å². The highest BCUT2D eigenvalue weighted by atomic mass is 16.6. The number of primary amides is 1. The minimum atomic E-state index is -0.949. The van der Waals surface area contributed by atoms with Crippen LogP contribution in [0.25, 0.3) is 0 Å². The zero-order valence-corrected chi connectivity index (χ0v) is 16.8. The fraction of sp³-hybridized carbons (Fsp3) is 0.632. The van der Waals surface area contributed by atoms with Crippen LogP contribution in [0.4, 0.5) is 4.79 Å². The summed E-state index contributed by atoms with van der Waals surface area (Å²) in [6.07, 6.45) is -0.930. The lowest BCUT2D eigenvalue weighted by Crippen LogP contribution is -2.55. The minimum Gasteiger partial charge on any atom is -0.449 e. The molecule has 3 aliphatic heterocycles. The predicted molar refractivity (Wildman–Crippen MR) is 102 cm³/mol. The van der Waals surface area contributed by atoms with Gasteiger partial charge in [0, 0.05) is 43.9 Å². The Morgan fingerprint density at radius 1 is 1.34 bits per heavy atom. The number of amides is 1. The van der Waals surface area contributed by atoms with Crippen LogP contribution in [-0.2, 0) is 19.1 Å². The number of ether oxygens (including phenoxy) is 2. The van der Waals surface area contributed by atoms with Crippen molar-refractivity contribution in [3.05, 3.63) is 22.5 Å². The van der Waals surface area contributed by atoms with Gasteiger partial charge in [0.25, 0.3) is 0 Å². The van der Waals surface area contributed by atoms with Crippen molar-refractivity contribution in [2.75, 3.05) is 39.9 Å². The number of carbonyl (C=O) groups excluding carboxylic acids is 3. The number of ketones is 2. The molecule has 3 heterocycles. The number of piperazine rings is 1. The van der Waals surface area contributed by atoms with E-state index in [9.17, 15) is 14.4 Å². The molecule has 4 aliphatic rings. The summed E-state index contributed by atoms with van der Waals surface area (Å²) < 4.78 is 11.0. The summed E-state index contributed by atoms with van der Waals surface area (Å²) in [5, 5.41) is 9.62. The molecule has 0 aromatic carbocycles. The Balaban J connectivity index is 1.69. The molecule has 0 saturated carbocycles. The van der Waals surface area contributed by atoms with Gasteiger partial charge in [-0.25, -0.2) is 4.79 Å². The van der Waals surface area contributed by atoms with E-state index in [1.807, 2.05) is 11.8 Å². The zero-order valence-electron chi connectivity index (χ0n) is 16.8. The summed E-state index contributed by atoms with van der Waals surface area (Å²) >= 11 is 0. The van der Waals surface area contributed by atoms with Crippen LogP contribution in [0.3, 0.4) is 0 Å². The highest BCUT2D eigenvalue weighted by Gasteiger charge is 2.72. The van der Waals surface area contributed by atoms with Crippen LogP contribution in [0.5, 0.6) is 0 Å². The van der Waals surface area contributed by atoms with E-state index in [0.717, 1.165) is 6.54 Å². The van der Waals surface area contributed by atoms with Crippen molar-refractivity contribution in [2.45, 2.75) is 31.7 Å². The monoisotopic (exact) mass is 405 g/mol. The van der Waals surface area contributed by atoms with Crippen LogP contribution >= 0.6 is 0 Å². The van der Waals surface area contributed by atoms with Crippen molar-refractivity contribution in [3.8, 4) is 0 Å². The molecule has 0 radical (unpaired) electrons. The standard InChI is InChI=1S/C19H27N5O5/c1-4-21-5-6-22-13-9(2)15(25)14-12(16(13)26)10(8-29-18(20)27)19(28-3)17-11(23-17)7-24(14)19/h10-11,17,21-23H,4-8H2,1-3H3,(H2,20,27)/t10-,11+,17+,19-/m1/s1. The summed E-state index contributed by atoms with van der Waals surface area (Å²) in [5.41, 5.74) is 5.61. The van der Waals surface area contributed by atoms with Gasteiger partial charge in [0.05, 0.1) is 23.4 Å². The molecule has 0 spiro atoms. The van der Waals surface area contributed by atoms with E-state index >= 15 is 0 Å². The van der Waals surface area contributed by atoms with E-state index in [2.05, 4.69) is 16.0 Å². The first kappa shape index (κ1) is 19.9. The molecular formula is C19H27N5O5. The summed E-state index contributed by atoms with van der Waals surface area (Å²) in [6, 6.07) is 0.123. The van der Waals surface area contributed by atoms with E-state index in [1.54, 1.807) is 14.0 Å². The maximum Gasteiger partial charge on any atom is 0.404 e. The van der Waals surface area contributed by atoms with Gasteiger partial charge >= 0.3 is 6.09 Å². The van der Waals surface area contributed by atoms with Gasteiger partial charge in [-0.15, -0.1) is 0 Å². The number of rotatable bonds is 8. The lowest BCUT2D eigenvalue weighted by Gasteiger charge is -2.39. The number of nitrogens with two attached hydrogens (primary N) is 1. The Hall–Kier alpha value is -2.43. The molecule has 158 valence electrons. The maximum absolute atomic E-state index is 13.5. The Morgan fingerprint density at radius 2 is 2.10 bits per heavy atom. The first-order chi connectivity index (χ1) is 13.9. The molecule has 29 heavy (non-hydrogen) atoms. The molecule has 5 N–H and O–H groups in total. The SMILES string of the molecule is CCNCCNC1=C(C)C(=O)C2=C(C1=O)[C@@H](COC(N)=O)[C@@]1(OC)[C@H]3N[C@H]3CN21. The van der Waals surface area contributed by atoms with Crippen molar-refractivity contribution in [1.82, 2.24) is 20.9 Å². The number of allylic oxidation sites excluding steroid dienone is 2. The summed E-state index contributed by atoms with van der Waals surface area (Å²) in [5.74, 6) is -1.07. The van der Waals surface area contributed by atoms with Crippen LogP contribution in [-0.4, -0.2) is 80.3 Å². The smallest absolute Gasteiger partial charge is 0.404 e. The second kappa shape index (κ2) is 7.12. The molecule has 0 aromatic rings. The lowest BCUT2D eigenvalue weighted by atomic mass is 9.82. The highest BCUT2D eigenvalue weighted by Crippen LogP contribution is 2.55.